The second kappa shape index (κ2) is 12.1. The van der Waals surface area contributed by atoms with E-state index in [1.165, 1.54) is 16.7 Å². The summed E-state index contributed by atoms with van der Waals surface area (Å²) in [5.41, 5.74) is 1.57. The Kier molecular flexibility index (Phi) is 8.66. The molecule has 0 atom stereocenters. The van der Waals surface area contributed by atoms with Gasteiger partial charge in [-0.25, -0.2) is 0 Å². The van der Waals surface area contributed by atoms with E-state index < -0.39 is 0 Å². The maximum Gasteiger partial charge on any atom is 0.278 e. The zero-order chi connectivity index (χ0) is 25.5. The minimum atomic E-state index is -0.375. The summed E-state index contributed by atoms with van der Waals surface area (Å²) in [6, 6.07) is 14.5. The first-order chi connectivity index (χ1) is 17.5. The van der Waals surface area contributed by atoms with Crippen LogP contribution in [-0.2, 0) is 19.1 Å². The molecule has 0 aromatic heterocycles. The first-order valence-electron chi connectivity index (χ1n) is 12.1. The molecule has 1 saturated carbocycles. The predicted octanol–water partition coefficient (Wildman–Crippen LogP) is 4.65. The predicted molar refractivity (Wildman–Crippen MR) is 140 cm³/mol. The number of imide groups is 1. The molecule has 8 nitrogen and oxygen atoms in total. The molecule has 1 fully saturated rings. The van der Waals surface area contributed by atoms with Crippen LogP contribution in [0.3, 0.4) is 0 Å². The quantitative estimate of drug-likeness (QED) is 0.336. The fourth-order valence-electron chi connectivity index (χ4n) is 4.34. The SMILES string of the molecule is COCCCN1C(=O)C(Nc2ccc(OC)cc2)=C(Sc2cccc(NC(=O)C3CCCC3)c2)C1=O. The standard InChI is InChI=1S/C27H31N3O5S/c1-34-16-6-15-30-26(32)23(28-19-11-13-21(35-2)14-12-19)24(27(30)33)36-22-10-5-9-20(17-22)29-25(31)18-7-3-4-8-18/h5,9-14,17-18,28H,3-4,6-8,15-16H2,1-2H3,(H,29,31). The highest BCUT2D eigenvalue weighted by Gasteiger charge is 2.39. The van der Waals surface area contributed by atoms with Gasteiger partial charge in [0.05, 0.1) is 7.11 Å². The first-order valence-corrected chi connectivity index (χ1v) is 12.9. The lowest BCUT2D eigenvalue weighted by Gasteiger charge is -2.15. The molecule has 0 radical (unpaired) electrons. The average molecular weight is 510 g/mol. The Morgan fingerprint density at radius 1 is 1.03 bits per heavy atom. The molecule has 2 aromatic rings. The van der Waals surface area contributed by atoms with Gasteiger partial charge in [-0.15, -0.1) is 0 Å². The molecule has 0 bridgehead atoms. The Bertz CT molecular complexity index is 1140. The van der Waals surface area contributed by atoms with Gasteiger partial charge < -0.3 is 20.1 Å². The summed E-state index contributed by atoms with van der Waals surface area (Å²) in [5, 5.41) is 6.14. The van der Waals surface area contributed by atoms with Gasteiger partial charge in [0.2, 0.25) is 5.91 Å². The van der Waals surface area contributed by atoms with Gasteiger partial charge in [-0.1, -0.05) is 30.7 Å². The summed E-state index contributed by atoms with van der Waals surface area (Å²) < 4.78 is 10.3. The van der Waals surface area contributed by atoms with Crippen LogP contribution in [-0.4, -0.2) is 50.0 Å². The molecule has 0 unspecified atom stereocenters. The largest absolute Gasteiger partial charge is 0.497 e. The highest BCUT2D eigenvalue weighted by atomic mass is 32.2. The number of nitrogens with one attached hydrogen (secondary N) is 2. The number of carbonyl (C=O) groups excluding carboxylic acids is 3. The van der Waals surface area contributed by atoms with Crippen molar-refractivity contribution in [1.82, 2.24) is 4.90 Å². The number of methoxy groups -OCH3 is 2. The van der Waals surface area contributed by atoms with Crippen molar-refractivity contribution < 1.29 is 23.9 Å². The van der Waals surface area contributed by atoms with Gasteiger partial charge >= 0.3 is 0 Å². The molecule has 4 rings (SSSR count). The second-order valence-electron chi connectivity index (χ2n) is 8.77. The molecule has 0 saturated heterocycles. The summed E-state index contributed by atoms with van der Waals surface area (Å²) >= 11 is 1.21. The molecule has 2 N–H and O–H groups in total. The summed E-state index contributed by atoms with van der Waals surface area (Å²) in [6.45, 7) is 0.713. The van der Waals surface area contributed by atoms with Crippen LogP contribution in [0.1, 0.15) is 32.1 Å². The van der Waals surface area contributed by atoms with Gasteiger partial charge in [-0.3, -0.25) is 19.3 Å². The fourth-order valence-corrected chi connectivity index (χ4v) is 5.34. The van der Waals surface area contributed by atoms with E-state index >= 15 is 0 Å². The summed E-state index contributed by atoms with van der Waals surface area (Å²) in [6.07, 6.45) is 4.56. The zero-order valence-electron chi connectivity index (χ0n) is 20.5. The summed E-state index contributed by atoms with van der Waals surface area (Å²) in [7, 11) is 3.17. The molecular formula is C27H31N3O5S. The maximum atomic E-state index is 13.3. The number of amides is 3. The molecule has 1 aliphatic heterocycles. The number of rotatable bonds is 11. The van der Waals surface area contributed by atoms with Crippen LogP contribution in [0, 0.1) is 5.92 Å². The Morgan fingerprint density at radius 3 is 2.47 bits per heavy atom. The average Bonchev–Trinajstić information content (AvgIpc) is 3.50. The highest BCUT2D eigenvalue weighted by Crippen LogP contribution is 2.37. The molecule has 1 aliphatic carbocycles. The van der Waals surface area contributed by atoms with E-state index in [2.05, 4.69) is 10.6 Å². The van der Waals surface area contributed by atoms with Gasteiger partial charge in [0.25, 0.3) is 11.8 Å². The topological polar surface area (TPSA) is 97.0 Å². The molecule has 2 aromatic carbocycles. The highest BCUT2D eigenvalue weighted by molar-refractivity contribution is 8.04. The Balaban J connectivity index is 1.56. The smallest absolute Gasteiger partial charge is 0.278 e. The fraction of sp³-hybridized carbons (Fsp3) is 0.370. The van der Waals surface area contributed by atoms with Crippen LogP contribution in [0.4, 0.5) is 11.4 Å². The number of hydrogen-bond donors (Lipinski definition) is 2. The van der Waals surface area contributed by atoms with E-state index in [1.807, 2.05) is 24.3 Å². The van der Waals surface area contributed by atoms with Crippen LogP contribution in [0.2, 0.25) is 0 Å². The molecule has 0 spiro atoms. The number of ether oxygens (including phenoxy) is 2. The van der Waals surface area contributed by atoms with Crippen molar-refractivity contribution in [3.05, 3.63) is 59.1 Å². The Morgan fingerprint density at radius 2 is 1.78 bits per heavy atom. The van der Waals surface area contributed by atoms with E-state index in [4.69, 9.17) is 9.47 Å². The van der Waals surface area contributed by atoms with E-state index in [0.717, 1.165) is 30.6 Å². The van der Waals surface area contributed by atoms with Gasteiger partial charge in [-0.05, 0) is 61.7 Å². The molecular weight excluding hydrogens is 478 g/mol. The third kappa shape index (κ3) is 6.09. The Hall–Kier alpha value is -3.30. The lowest BCUT2D eigenvalue weighted by Crippen LogP contribution is -2.33. The Labute approximate surface area is 215 Å². The minimum Gasteiger partial charge on any atom is -0.497 e. The normalized spacial score (nSPS) is 16.1. The minimum absolute atomic E-state index is 0.0344. The number of thioether (sulfide) groups is 1. The van der Waals surface area contributed by atoms with Crippen LogP contribution in [0.5, 0.6) is 5.75 Å². The molecule has 3 amide bonds. The maximum absolute atomic E-state index is 13.3. The van der Waals surface area contributed by atoms with Gasteiger partial charge in [-0.2, -0.15) is 0 Å². The van der Waals surface area contributed by atoms with Crippen molar-refractivity contribution in [2.24, 2.45) is 5.92 Å². The first kappa shape index (κ1) is 25.8. The molecule has 9 heteroatoms. The van der Waals surface area contributed by atoms with Crippen molar-refractivity contribution in [3.63, 3.8) is 0 Å². The number of benzene rings is 2. The van der Waals surface area contributed by atoms with Crippen molar-refractivity contribution in [1.29, 1.82) is 0 Å². The van der Waals surface area contributed by atoms with Crippen LogP contribution < -0.4 is 15.4 Å². The third-order valence-electron chi connectivity index (χ3n) is 6.26. The van der Waals surface area contributed by atoms with E-state index in [-0.39, 0.29) is 35.9 Å². The number of hydrogen-bond acceptors (Lipinski definition) is 7. The van der Waals surface area contributed by atoms with Gasteiger partial charge in [0.1, 0.15) is 16.4 Å². The monoisotopic (exact) mass is 509 g/mol. The summed E-state index contributed by atoms with van der Waals surface area (Å²) in [5.74, 6) is 0.0550. The van der Waals surface area contributed by atoms with Crippen LogP contribution >= 0.6 is 11.8 Å². The third-order valence-corrected chi connectivity index (χ3v) is 7.33. The molecule has 36 heavy (non-hydrogen) atoms. The van der Waals surface area contributed by atoms with Crippen molar-refractivity contribution in [3.8, 4) is 5.75 Å². The van der Waals surface area contributed by atoms with Crippen molar-refractivity contribution in [2.45, 2.75) is 37.0 Å². The zero-order valence-corrected chi connectivity index (χ0v) is 21.4. The number of nitrogens with zero attached hydrogens (tertiary/aromatic N) is 1. The molecule has 2 aliphatic rings. The summed E-state index contributed by atoms with van der Waals surface area (Å²) in [4.78, 5) is 41.4. The van der Waals surface area contributed by atoms with Gasteiger partial charge in [0, 0.05) is 42.4 Å². The number of anilines is 2. The lowest BCUT2D eigenvalue weighted by atomic mass is 10.1. The molecule has 1 heterocycles. The van der Waals surface area contributed by atoms with Crippen LogP contribution in [0.15, 0.2) is 64.0 Å². The van der Waals surface area contributed by atoms with E-state index in [9.17, 15) is 14.4 Å². The lowest BCUT2D eigenvalue weighted by molar-refractivity contribution is -0.137. The van der Waals surface area contributed by atoms with Gasteiger partial charge in [0.15, 0.2) is 0 Å². The van der Waals surface area contributed by atoms with Crippen molar-refractivity contribution in [2.75, 3.05) is 38.0 Å². The van der Waals surface area contributed by atoms with Crippen molar-refractivity contribution >= 4 is 40.9 Å². The second-order valence-corrected chi connectivity index (χ2v) is 9.85. The van der Waals surface area contributed by atoms with E-state index in [0.29, 0.717) is 35.1 Å². The number of carbonyl (C=O) groups is 3. The van der Waals surface area contributed by atoms with Crippen LogP contribution in [0.25, 0.3) is 0 Å². The molecule has 190 valence electrons. The van der Waals surface area contributed by atoms with E-state index in [1.54, 1.807) is 38.5 Å².